The van der Waals surface area contributed by atoms with E-state index < -0.39 is 92.7 Å². The number of hydrogen-bond acceptors (Lipinski definition) is 22. The highest BCUT2D eigenvalue weighted by molar-refractivity contribution is 7.89. The van der Waals surface area contributed by atoms with Crippen LogP contribution in [0.2, 0.25) is 0 Å². The highest BCUT2D eigenvalue weighted by Crippen LogP contribution is 2.34. The summed E-state index contributed by atoms with van der Waals surface area (Å²) in [6, 6.07) is 9.43. The average molecular weight is 1330 g/mol. The molecule has 0 saturated carbocycles. The smallest absolute Gasteiger partial charge is 0.336 e. The second-order valence-electron chi connectivity index (χ2n) is 21.4. The number of aromatic nitrogens is 8. The molecule has 4 aromatic heterocycles. The first-order chi connectivity index (χ1) is 43.1. The molecule has 36 heteroatoms. The van der Waals surface area contributed by atoms with Crippen LogP contribution < -0.4 is 20.6 Å². The molecule has 34 nitrogen and oxygen atoms in total. The lowest BCUT2D eigenvalue weighted by Gasteiger charge is -2.31. The second-order valence-corrected chi connectivity index (χ2v) is 25.3. The van der Waals surface area contributed by atoms with E-state index in [2.05, 4.69) is 30.0 Å². The fourth-order valence-corrected chi connectivity index (χ4v) is 12.5. The molecule has 0 unspecified atom stereocenters. The highest BCUT2D eigenvalue weighted by atomic mass is 32.2. The molecule has 0 amide bonds. The van der Waals surface area contributed by atoms with Crippen LogP contribution in [0.3, 0.4) is 0 Å². The van der Waals surface area contributed by atoms with Crippen LogP contribution >= 0.6 is 0 Å². The van der Waals surface area contributed by atoms with Gasteiger partial charge in [0.2, 0.25) is 20.0 Å². The Morgan fingerprint density at radius 3 is 1.08 bits per heavy atom. The Morgan fingerprint density at radius 2 is 0.815 bits per heavy atom. The summed E-state index contributed by atoms with van der Waals surface area (Å²) in [5, 5.41) is 76.5. The number of fused-ring (bicyclic) bond motifs is 2. The zero-order chi connectivity index (χ0) is 68.8. The maximum atomic E-state index is 13.3. The third-order valence-corrected chi connectivity index (χ3v) is 18.1. The van der Waals surface area contributed by atoms with Gasteiger partial charge in [0, 0.05) is 66.5 Å². The van der Waals surface area contributed by atoms with E-state index in [9.17, 15) is 55.2 Å². The lowest BCUT2D eigenvalue weighted by molar-refractivity contribution is -0.170. The van der Waals surface area contributed by atoms with E-state index >= 15 is 0 Å². The Balaban J connectivity index is 0.000000244. The highest BCUT2D eigenvalue weighted by Gasteiger charge is 2.42. The van der Waals surface area contributed by atoms with E-state index in [4.69, 9.17) is 60.3 Å². The summed E-state index contributed by atoms with van der Waals surface area (Å²) in [4.78, 5) is 106. The number of aliphatic carboxylic acids is 6. The predicted octanol–water partition coefficient (Wildman–Crippen LogP) is 0.725. The number of benzene rings is 2. The monoisotopic (exact) mass is 1330 g/mol. The number of aromatic amines is 2. The molecule has 0 spiro atoms. The lowest BCUT2D eigenvalue weighted by atomic mass is 9.96. The van der Waals surface area contributed by atoms with E-state index in [-0.39, 0.29) is 32.6 Å². The predicted molar refractivity (Wildman–Crippen MR) is 326 cm³/mol. The van der Waals surface area contributed by atoms with E-state index in [1.54, 1.807) is 50.5 Å². The number of carboxylic acid groups (broad SMARTS) is 6. The van der Waals surface area contributed by atoms with E-state index in [0.29, 0.717) is 123 Å². The van der Waals surface area contributed by atoms with Crippen molar-refractivity contribution in [2.75, 3.05) is 79.7 Å². The first-order valence-electron chi connectivity index (χ1n) is 28.7. The van der Waals surface area contributed by atoms with Gasteiger partial charge < -0.3 is 70.1 Å². The molecule has 6 heterocycles. The summed E-state index contributed by atoms with van der Waals surface area (Å²) >= 11 is 0. The number of likely N-dealkylation sites (N-methyl/N-ethyl adjacent to an activating group) is 2. The summed E-state index contributed by atoms with van der Waals surface area (Å²) in [6.07, 6.45) is -1.49. The first kappa shape index (κ1) is 74.0. The lowest BCUT2D eigenvalue weighted by Crippen LogP contribution is -2.47. The van der Waals surface area contributed by atoms with Crippen LogP contribution in [0.25, 0.3) is 44.8 Å². The quantitative estimate of drug-likeness (QED) is 0.0399. The summed E-state index contributed by atoms with van der Waals surface area (Å²) < 4.78 is 70.9. The molecule has 0 bridgehead atoms. The Bertz CT molecular complexity index is 3750. The van der Waals surface area contributed by atoms with Crippen molar-refractivity contribution in [2.24, 2.45) is 14.1 Å². The van der Waals surface area contributed by atoms with Crippen LogP contribution in [-0.2, 0) is 75.8 Å². The van der Waals surface area contributed by atoms with Crippen molar-refractivity contribution in [3.05, 3.63) is 68.5 Å². The Kier molecular flexibility index (Phi) is 25.3. The Hall–Kier alpha value is -8.78. The van der Waals surface area contributed by atoms with Crippen LogP contribution in [0.4, 0.5) is 0 Å². The maximum Gasteiger partial charge on any atom is 0.336 e. The second kappa shape index (κ2) is 31.5. The van der Waals surface area contributed by atoms with Gasteiger partial charge in [-0.3, -0.25) is 38.1 Å². The molecule has 504 valence electrons. The number of H-pyrrole nitrogens is 2. The van der Waals surface area contributed by atoms with Crippen LogP contribution in [-0.4, -0.2) is 242 Å². The number of ether oxygens (including phenoxy) is 2. The van der Waals surface area contributed by atoms with Gasteiger partial charge in [-0.15, -0.1) is 0 Å². The van der Waals surface area contributed by atoms with Crippen LogP contribution in [0.1, 0.15) is 77.6 Å². The van der Waals surface area contributed by atoms with Gasteiger partial charge in [-0.1, -0.05) is 26.7 Å². The molecule has 10 N–H and O–H groups in total. The number of piperazine rings is 2. The number of hydrogen-bond donors (Lipinski definition) is 10. The van der Waals surface area contributed by atoms with Gasteiger partial charge in [0.05, 0.1) is 71.2 Å². The molecule has 2 aliphatic heterocycles. The minimum absolute atomic E-state index is 0.147. The third-order valence-electron chi connectivity index (χ3n) is 14.3. The number of nitrogens with one attached hydrogen (secondary N) is 2. The number of aryl methyl sites for hydroxylation is 4. The molecule has 2 aliphatic rings. The molecule has 2 aromatic carbocycles. The number of sulfonamides is 2. The molecule has 8 rings (SSSR count). The molecule has 92 heavy (non-hydrogen) atoms. The first-order valence-corrected chi connectivity index (χ1v) is 31.6. The van der Waals surface area contributed by atoms with Crippen molar-refractivity contribution in [1.82, 2.24) is 57.9 Å². The molecule has 6 aromatic rings. The van der Waals surface area contributed by atoms with Gasteiger partial charge >= 0.3 is 35.8 Å². The number of aliphatic hydroxyl groups is 2. The summed E-state index contributed by atoms with van der Waals surface area (Å²) in [6.45, 7) is 13.0. The number of rotatable bonds is 24. The minimum Gasteiger partial charge on any atom is -0.493 e. The van der Waals surface area contributed by atoms with Crippen LogP contribution in [0, 0.1) is 0 Å². The largest absolute Gasteiger partial charge is 0.493 e. The van der Waals surface area contributed by atoms with Crippen molar-refractivity contribution < 1.29 is 95.9 Å². The third kappa shape index (κ3) is 18.3. The normalized spacial score (nSPS) is 14.5. The molecular weight excluding hydrogens is 1260 g/mol. The fraction of sp³-hybridized carbons (Fsp3) is 0.500. The average Bonchev–Trinajstić information content (AvgIpc) is 1.54. The zero-order valence-corrected chi connectivity index (χ0v) is 53.4. The summed E-state index contributed by atoms with van der Waals surface area (Å²) in [7, 11) is -0.0166. The molecule has 0 aliphatic carbocycles. The van der Waals surface area contributed by atoms with E-state index in [1.807, 2.05) is 41.8 Å². The zero-order valence-electron chi connectivity index (χ0n) is 51.8. The minimum atomic E-state index is -3.70. The number of nitrogens with zero attached hydrogens (tertiary/aromatic N) is 10. The van der Waals surface area contributed by atoms with Gasteiger partial charge in [0.1, 0.15) is 34.2 Å². The molecule has 0 radical (unpaired) electrons. The maximum absolute atomic E-state index is 13.3. The molecule has 2 saturated heterocycles. The Labute approximate surface area is 526 Å². The SMILES string of the molecule is CCCc1nn(C)c2c(=O)[nH]c(-c3cc(S(=O)(=O)N4CCN(C)CC4)ccc3OCC)nc12.CCCc1nn(C)c2c(=O)[nH]c(-c3cc(S(=O)(=O)N4CCN(C)CC4)ccc3OCC)nc12.O=C(O)CC(O)(CC(=O)O)C(=O)O.O=C(O)CC(O)(CC(=O)O)C(=O)O. The van der Waals surface area contributed by atoms with Crippen molar-refractivity contribution in [3.63, 3.8) is 0 Å². The van der Waals surface area contributed by atoms with Gasteiger partial charge in [0.25, 0.3) is 11.1 Å². The van der Waals surface area contributed by atoms with E-state index in [1.165, 1.54) is 18.0 Å². The Morgan fingerprint density at radius 1 is 0.511 bits per heavy atom. The van der Waals surface area contributed by atoms with Gasteiger partial charge in [0.15, 0.2) is 22.2 Å². The standard InChI is InChI=1S/2C22H30N6O4S.2C6H8O7/c2*1-5-7-17-19-20(27(4)25-17)22(29)24-21(23-19)16-14-15(8-9-18(16)32-6-2)33(30,31)28-12-10-26(3)11-13-28;2*7-3(8)1-6(13,5(11)12)2-4(9)10/h2*8-9,14H,5-7,10-13H2,1-4H3,(H,23,24,29);2*13H,1-2H2,(H,7,8)(H,9,10)(H,11,12). The van der Waals surface area contributed by atoms with Crippen molar-refractivity contribution in [2.45, 2.75) is 100 Å². The number of carboxylic acids is 6. The van der Waals surface area contributed by atoms with Crippen LogP contribution in [0.5, 0.6) is 11.5 Å². The fourth-order valence-electron chi connectivity index (χ4n) is 9.61. The summed E-state index contributed by atoms with van der Waals surface area (Å²) in [5.41, 5.74) is -1.99. The number of carbonyl (C=O) groups is 6. The van der Waals surface area contributed by atoms with Crippen molar-refractivity contribution >= 4 is 77.9 Å². The van der Waals surface area contributed by atoms with Crippen LogP contribution in [0.15, 0.2) is 55.8 Å². The molecule has 2 fully saturated rings. The van der Waals surface area contributed by atoms with E-state index in [0.717, 1.165) is 24.2 Å². The summed E-state index contributed by atoms with van der Waals surface area (Å²) in [5.74, 6) is -8.60. The molecular formula is C56H76N12O22S2. The van der Waals surface area contributed by atoms with Crippen molar-refractivity contribution in [3.8, 4) is 34.3 Å². The van der Waals surface area contributed by atoms with Gasteiger partial charge in [-0.2, -0.15) is 18.8 Å². The van der Waals surface area contributed by atoms with Gasteiger partial charge in [-0.05, 0) is 77.2 Å². The van der Waals surface area contributed by atoms with Crippen molar-refractivity contribution in [1.29, 1.82) is 0 Å². The van der Waals surface area contributed by atoms with Gasteiger partial charge in [-0.25, -0.2) is 36.4 Å². The topological polar surface area (TPSA) is 491 Å². The molecule has 0 atom stereocenters.